The standard InChI is InChI=1S/C12H14FN3.C3H8/c1-8-10-5-12(16-3-2-14-7-16)11(13)4-9(10)6-15-8;1-3-2/h4-5,14H,2-3,6-7H2,1H3;3H2,1-2H3. The van der Waals surface area contributed by atoms with Crippen LogP contribution in [-0.2, 0) is 6.54 Å². The average Bonchev–Trinajstić information content (AvgIpc) is 3.00. The molecule has 2 aliphatic rings. The van der Waals surface area contributed by atoms with Gasteiger partial charge in [0, 0.05) is 24.4 Å². The number of hydrogen-bond acceptors (Lipinski definition) is 3. The summed E-state index contributed by atoms with van der Waals surface area (Å²) in [6.45, 7) is 9.37. The van der Waals surface area contributed by atoms with Crippen molar-refractivity contribution in [3.05, 3.63) is 29.1 Å². The second-order valence-electron chi connectivity index (χ2n) is 4.99. The van der Waals surface area contributed by atoms with Crippen molar-refractivity contribution in [1.29, 1.82) is 0 Å². The molecule has 2 heterocycles. The van der Waals surface area contributed by atoms with Crippen LogP contribution in [0.3, 0.4) is 0 Å². The van der Waals surface area contributed by atoms with Crippen LogP contribution in [0.25, 0.3) is 0 Å². The summed E-state index contributed by atoms with van der Waals surface area (Å²) in [5.41, 5.74) is 3.82. The lowest BCUT2D eigenvalue weighted by molar-refractivity contribution is 0.620. The fourth-order valence-electron chi connectivity index (χ4n) is 2.31. The number of halogens is 1. The first kappa shape index (κ1) is 14.0. The van der Waals surface area contributed by atoms with E-state index in [1.54, 1.807) is 6.07 Å². The van der Waals surface area contributed by atoms with Gasteiger partial charge in [-0.3, -0.25) is 10.3 Å². The van der Waals surface area contributed by atoms with Gasteiger partial charge in [0.2, 0.25) is 0 Å². The van der Waals surface area contributed by atoms with Gasteiger partial charge >= 0.3 is 0 Å². The van der Waals surface area contributed by atoms with Crippen LogP contribution in [-0.4, -0.2) is 25.5 Å². The molecular weight excluding hydrogens is 241 g/mol. The smallest absolute Gasteiger partial charge is 0.146 e. The molecule has 1 aromatic rings. The minimum absolute atomic E-state index is 0.132. The van der Waals surface area contributed by atoms with Crippen LogP contribution in [0.15, 0.2) is 17.1 Å². The summed E-state index contributed by atoms with van der Waals surface area (Å²) in [7, 11) is 0. The van der Waals surface area contributed by atoms with E-state index in [1.165, 1.54) is 6.42 Å². The van der Waals surface area contributed by atoms with Crippen molar-refractivity contribution >= 4 is 11.4 Å². The normalized spacial score (nSPS) is 16.8. The molecule has 2 aliphatic heterocycles. The van der Waals surface area contributed by atoms with E-state index in [-0.39, 0.29) is 5.82 Å². The molecule has 1 saturated heterocycles. The predicted molar refractivity (Wildman–Crippen MR) is 78.5 cm³/mol. The van der Waals surface area contributed by atoms with E-state index in [0.29, 0.717) is 12.2 Å². The quantitative estimate of drug-likeness (QED) is 0.843. The highest BCUT2D eigenvalue weighted by Gasteiger charge is 2.20. The van der Waals surface area contributed by atoms with Crippen molar-refractivity contribution in [1.82, 2.24) is 5.32 Å². The Labute approximate surface area is 114 Å². The Morgan fingerprint density at radius 2 is 2.11 bits per heavy atom. The molecule has 0 atom stereocenters. The fourth-order valence-corrected chi connectivity index (χ4v) is 2.31. The minimum atomic E-state index is -0.132. The second kappa shape index (κ2) is 6.15. The van der Waals surface area contributed by atoms with Gasteiger partial charge in [0.05, 0.1) is 18.9 Å². The summed E-state index contributed by atoms with van der Waals surface area (Å²) >= 11 is 0. The molecule has 0 unspecified atom stereocenters. The van der Waals surface area contributed by atoms with E-state index in [2.05, 4.69) is 24.2 Å². The first-order chi connectivity index (χ1) is 9.17. The molecule has 1 fully saturated rings. The molecule has 0 radical (unpaired) electrons. The Hall–Kier alpha value is -1.42. The molecule has 19 heavy (non-hydrogen) atoms. The van der Waals surface area contributed by atoms with Crippen molar-refractivity contribution in [2.24, 2.45) is 4.99 Å². The van der Waals surface area contributed by atoms with Crippen LogP contribution < -0.4 is 10.2 Å². The van der Waals surface area contributed by atoms with Crippen LogP contribution >= 0.6 is 0 Å². The van der Waals surface area contributed by atoms with Crippen molar-refractivity contribution < 1.29 is 4.39 Å². The van der Waals surface area contributed by atoms with Gasteiger partial charge in [0.25, 0.3) is 0 Å². The molecule has 1 N–H and O–H groups in total. The van der Waals surface area contributed by atoms with Gasteiger partial charge in [-0.1, -0.05) is 20.3 Å². The number of fused-ring (bicyclic) bond motifs is 1. The SMILES string of the molecule is CC1=NCc2cc(F)c(N3CCNC3)cc21.CCC. The average molecular weight is 263 g/mol. The maximum atomic E-state index is 13.9. The highest BCUT2D eigenvalue weighted by Crippen LogP contribution is 2.28. The molecular formula is C15H22FN3. The number of hydrogen-bond donors (Lipinski definition) is 1. The summed E-state index contributed by atoms with van der Waals surface area (Å²) in [5.74, 6) is -0.132. The number of aliphatic imine (C=N–C) groups is 1. The summed E-state index contributed by atoms with van der Waals surface area (Å²) in [4.78, 5) is 6.36. The number of rotatable bonds is 1. The van der Waals surface area contributed by atoms with Gasteiger partial charge in [-0.05, 0) is 24.6 Å². The second-order valence-corrected chi connectivity index (χ2v) is 4.99. The molecule has 104 valence electrons. The zero-order valence-corrected chi connectivity index (χ0v) is 12.0. The highest BCUT2D eigenvalue weighted by molar-refractivity contribution is 6.02. The van der Waals surface area contributed by atoms with Gasteiger partial charge < -0.3 is 4.90 Å². The lowest BCUT2D eigenvalue weighted by atomic mass is 10.0. The number of benzene rings is 1. The first-order valence-electron chi connectivity index (χ1n) is 6.96. The third-order valence-corrected chi connectivity index (χ3v) is 3.25. The lowest BCUT2D eigenvalue weighted by Crippen LogP contribution is -2.22. The lowest BCUT2D eigenvalue weighted by Gasteiger charge is -2.18. The van der Waals surface area contributed by atoms with E-state index in [1.807, 2.05) is 17.9 Å². The first-order valence-corrected chi connectivity index (χ1v) is 6.96. The number of anilines is 1. The molecule has 0 saturated carbocycles. The fraction of sp³-hybridized carbons (Fsp3) is 0.533. The molecule has 0 bridgehead atoms. The van der Waals surface area contributed by atoms with Gasteiger partial charge in [-0.15, -0.1) is 0 Å². The Morgan fingerprint density at radius 3 is 2.74 bits per heavy atom. The largest absolute Gasteiger partial charge is 0.355 e. The molecule has 0 aliphatic carbocycles. The minimum Gasteiger partial charge on any atom is -0.355 e. The Bertz CT molecular complexity index is 477. The molecule has 3 nitrogen and oxygen atoms in total. The highest BCUT2D eigenvalue weighted by atomic mass is 19.1. The Balaban J connectivity index is 0.000000408. The third kappa shape index (κ3) is 2.95. The molecule has 3 rings (SSSR count). The monoisotopic (exact) mass is 263 g/mol. The predicted octanol–water partition coefficient (Wildman–Crippen LogP) is 2.93. The number of nitrogens with zero attached hydrogens (tertiary/aromatic N) is 2. The summed E-state index contributed by atoms with van der Waals surface area (Å²) in [6.07, 6.45) is 1.25. The van der Waals surface area contributed by atoms with Crippen molar-refractivity contribution in [3.8, 4) is 0 Å². The molecule has 4 heteroatoms. The summed E-state index contributed by atoms with van der Waals surface area (Å²) in [5, 5.41) is 3.21. The van der Waals surface area contributed by atoms with Gasteiger partial charge in [-0.2, -0.15) is 0 Å². The van der Waals surface area contributed by atoms with E-state index < -0.39 is 0 Å². The molecule has 0 spiro atoms. The summed E-state index contributed by atoms with van der Waals surface area (Å²) in [6, 6.07) is 3.56. The zero-order valence-electron chi connectivity index (χ0n) is 12.0. The molecule has 0 aromatic heterocycles. The van der Waals surface area contributed by atoms with E-state index >= 15 is 0 Å². The third-order valence-electron chi connectivity index (χ3n) is 3.25. The van der Waals surface area contributed by atoms with Crippen LogP contribution in [0.5, 0.6) is 0 Å². The van der Waals surface area contributed by atoms with Crippen LogP contribution in [0.2, 0.25) is 0 Å². The van der Waals surface area contributed by atoms with Gasteiger partial charge in [0.1, 0.15) is 5.82 Å². The molecule has 1 aromatic carbocycles. The topological polar surface area (TPSA) is 27.6 Å². The van der Waals surface area contributed by atoms with E-state index in [4.69, 9.17) is 0 Å². The summed E-state index contributed by atoms with van der Waals surface area (Å²) < 4.78 is 13.9. The van der Waals surface area contributed by atoms with Gasteiger partial charge in [0.15, 0.2) is 0 Å². The maximum Gasteiger partial charge on any atom is 0.146 e. The van der Waals surface area contributed by atoms with Crippen molar-refractivity contribution in [3.63, 3.8) is 0 Å². The Kier molecular flexibility index (Phi) is 4.53. The number of nitrogens with one attached hydrogen (secondary N) is 1. The van der Waals surface area contributed by atoms with Crippen LogP contribution in [0.1, 0.15) is 38.3 Å². The van der Waals surface area contributed by atoms with Crippen molar-refractivity contribution in [2.75, 3.05) is 24.7 Å². The maximum absolute atomic E-state index is 13.9. The Morgan fingerprint density at radius 1 is 1.37 bits per heavy atom. The van der Waals surface area contributed by atoms with Crippen LogP contribution in [0.4, 0.5) is 10.1 Å². The van der Waals surface area contributed by atoms with Crippen molar-refractivity contribution in [2.45, 2.75) is 33.7 Å². The van der Waals surface area contributed by atoms with E-state index in [0.717, 1.165) is 36.6 Å². The molecule has 0 amide bonds. The van der Waals surface area contributed by atoms with Gasteiger partial charge in [-0.25, -0.2) is 4.39 Å². The van der Waals surface area contributed by atoms with Crippen LogP contribution in [0, 0.1) is 5.82 Å². The zero-order chi connectivity index (χ0) is 13.8. The van der Waals surface area contributed by atoms with E-state index in [9.17, 15) is 4.39 Å².